The lowest BCUT2D eigenvalue weighted by Gasteiger charge is -2.21. The van der Waals surface area contributed by atoms with Gasteiger partial charge in [0.2, 0.25) is 0 Å². The summed E-state index contributed by atoms with van der Waals surface area (Å²) in [7, 11) is 0. The normalized spacial score (nSPS) is 13.2. The molecule has 0 heterocycles. The van der Waals surface area contributed by atoms with Crippen LogP contribution in [0.2, 0.25) is 0 Å². The average Bonchev–Trinajstić information content (AvgIpc) is 2.63. The molecule has 28 heavy (non-hydrogen) atoms. The second kappa shape index (κ2) is 6.79. The van der Waals surface area contributed by atoms with Gasteiger partial charge in [0.1, 0.15) is 0 Å². The fourth-order valence-electron chi connectivity index (χ4n) is 3.16. The summed E-state index contributed by atoms with van der Waals surface area (Å²) in [6, 6.07) is 15.3. The van der Waals surface area contributed by atoms with Crippen LogP contribution in [0.4, 0.5) is 17.6 Å². The highest BCUT2D eigenvalue weighted by Gasteiger charge is 2.36. The number of halogens is 4. The van der Waals surface area contributed by atoms with E-state index in [2.05, 4.69) is 0 Å². The van der Waals surface area contributed by atoms with Gasteiger partial charge < -0.3 is 0 Å². The van der Waals surface area contributed by atoms with Crippen LogP contribution in [0.5, 0.6) is 0 Å². The molecule has 4 rings (SSSR count). The summed E-state index contributed by atoms with van der Waals surface area (Å²) in [5.41, 5.74) is 1.87. The zero-order valence-corrected chi connectivity index (χ0v) is 15.0. The number of hydrogen-bond acceptors (Lipinski definition) is 0. The first kappa shape index (κ1) is 18.2. The topological polar surface area (TPSA) is 0 Å². The molecule has 140 valence electrons. The van der Waals surface area contributed by atoms with Crippen molar-refractivity contribution in [3.63, 3.8) is 0 Å². The lowest BCUT2D eigenvalue weighted by molar-refractivity contribution is 0.0410. The Morgan fingerprint density at radius 2 is 1.14 bits per heavy atom. The summed E-state index contributed by atoms with van der Waals surface area (Å²) < 4.78 is 57.9. The molecule has 0 spiro atoms. The van der Waals surface area contributed by atoms with E-state index in [0.717, 1.165) is 5.56 Å². The van der Waals surface area contributed by atoms with Gasteiger partial charge in [0.05, 0.1) is 0 Å². The van der Waals surface area contributed by atoms with Crippen molar-refractivity contribution >= 4 is 0 Å². The van der Waals surface area contributed by atoms with E-state index in [1.165, 1.54) is 48.6 Å². The SMILES string of the molecule is Cc1ccc(-c2ccc(-c3ccc(C(F)(F)C4=CC=C4)cc3)c(F)c2F)cc1. The predicted molar refractivity (Wildman–Crippen MR) is 103 cm³/mol. The van der Waals surface area contributed by atoms with Crippen LogP contribution in [-0.2, 0) is 5.92 Å². The van der Waals surface area contributed by atoms with Crippen molar-refractivity contribution in [1.29, 1.82) is 0 Å². The second-order valence-corrected chi connectivity index (χ2v) is 6.79. The summed E-state index contributed by atoms with van der Waals surface area (Å²) >= 11 is 0. The Morgan fingerprint density at radius 3 is 1.57 bits per heavy atom. The monoisotopic (exact) mass is 380 g/mol. The van der Waals surface area contributed by atoms with Gasteiger partial charge in [-0.05, 0) is 18.1 Å². The number of benzene rings is 3. The molecule has 0 unspecified atom stereocenters. The Bertz CT molecular complexity index is 1090. The Hall–Kier alpha value is -3.14. The van der Waals surface area contributed by atoms with Crippen LogP contribution in [0.1, 0.15) is 11.1 Å². The van der Waals surface area contributed by atoms with Crippen LogP contribution in [-0.4, -0.2) is 0 Å². The van der Waals surface area contributed by atoms with Crippen molar-refractivity contribution < 1.29 is 17.6 Å². The van der Waals surface area contributed by atoms with Crippen LogP contribution >= 0.6 is 0 Å². The van der Waals surface area contributed by atoms with Crippen LogP contribution < -0.4 is 0 Å². The third-order valence-corrected chi connectivity index (χ3v) is 4.92. The van der Waals surface area contributed by atoms with Gasteiger partial charge in [-0.3, -0.25) is 0 Å². The molecular formula is C24H16F4. The van der Waals surface area contributed by atoms with E-state index in [1.54, 1.807) is 18.2 Å². The summed E-state index contributed by atoms with van der Waals surface area (Å²) in [6.45, 7) is 1.91. The second-order valence-electron chi connectivity index (χ2n) is 6.79. The highest BCUT2D eigenvalue weighted by atomic mass is 19.3. The van der Waals surface area contributed by atoms with E-state index >= 15 is 0 Å². The quantitative estimate of drug-likeness (QED) is 0.420. The first-order chi connectivity index (χ1) is 13.4. The number of aryl methyl sites for hydroxylation is 1. The smallest absolute Gasteiger partial charge is 0.203 e. The number of rotatable bonds is 4. The molecule has 0 fully saturated rings. The van der Waals surface area contributed by atoms with Gasteiger partial charge >= 0.3 is 0 Å². The van der Waals surface area contributed by atoms with Crippen molar-refractivity contribution in [1.82, 2.24) is 0 Å². The van der Waals surface area contributed by atoms with Gasteiger partial charge in [-0.25, -0.2) is 8.78 Å². The van der Waals surface area contributed by atoms with Crippen LogP contribution in [0.25, 0.3) is 22.3 Å². The average molecular weight is 380 g/mol. The lowest BCUT2D eigenvalue weighted by Crippen LogP contribution is -2.17. The zero-order valence-electron chi connectivity index (χ0n) is 15.0. The molecule has 1 aliphatic carbocycles. The van der Waals surface area contributed by atoms with Gasteiger partial charge in [-0.15, -0.1) is 0 Å². The van der Waals surface area contributed by atoms with Crippen LogP contribution in [0.15, 0.2) is 84.5 Å². The summed E-state index contributed by atoms with van der Waals surface area (Å²) in [4.78, 5) is 0. The molecule has 1 aliphatic rings. The van der Waals surface area contributed by atoms with Gasteiger partial charge in [-0.2, -0.15) is 8.78 Å². The summed E-state index contributed by atoms with van der Waals surface area (Å²) in [5, 5.41) is 0. The molecular weight excluding hydrogens is 364 g/mol. The first-order valence-corrected chi connectivity index (χ1v) is 8.80. The van der Waals surface area contributed by atoms with Crippen molar-refractivity contribution in [2.45, 2.75) is 12.8 Å². The minimum Gasteiger partial charge on any atom is -0.203 e. The highest BCUT2D eigenvalue weighted by Crippen LogP contribution is 2.40. The largest absolute Gasteiger partial charge is 0.298 e. The summed E-state index contributed by atoms with van der Waals surface area (Å²) in [5.74, 6) is -5.06. The number of hydrogen-bond donors (Lipinski definition) is 0. The molecule has 0 bridgehead atoms. The molecule has 3 aromatic rings. The maximum atomic E-state index is 14.7. The molecule has 0 saturated carbocycles. The van der Waals surface area contributed by atoms with E-state index in [-0.39, 0.29) is 22.3 Å². The van der Waals surface area contributed by atoms with Crippen LogP contribution in [0, 0.1) is 18.6 Å². The van der Waals surface area contributed by atoms with Crippen molar-refractivity contribution in [2.24, 2.45) is 0 Å². The molecule has 0 amide bonds. The number of alkyl halides is 2. The fraction of sp³-hybridized carbons (Fsp3) is 0.0833. The molecule has 0 atom stereocenters. The van der Waals surface area contributed by atoms with Crippen molar-refractivity contribution in [3.8, 4) is 22.3 Å². The van der Waals surface area contributed by atoms with Gasteiger partial charge in [0.25, 0.3) is 5.92 Å². The Balaban J connectivity index is 1.68. The Kier molecular flexibility index (Phi) is 4.42. The molecule has 0 radical (unpaired) electrons. The molecule has 0 nitrogen and oxygen atoms in total. The summed E-state index contributed by atoms with van der Waals surface area (Å²) in [6.07, 6.45) is 4.25. The molecule has 0 aromatic heterocycles. The minimum atomic E-state index is -3.10. The third kappa shape index (κ3) is 3.05. The van der Waals surface area contributed by atoms with Crippen LogP contribution in [0.3, 0.4) is 0 Å². The van der Waals surface area contributed by atoms with E-state index < -0.39 is 17.6 Å². The van der Waals surface area contributed by atoms with Gasteiger partial charge in [0.15, 0.2) is 11.6 Å². The van der Waals surface area contributed by atoms with Gasteiger partial charge in [0, 0.05) is 22.3 Å². The maximum absolute atomic E-state index is 14.7. The maximum Gasteiger partial charge on any atom is 0.298 e. The van der Waals surface area contributed by atoms with E-state index in [1.807, 2.05) is 19.1 Å². The molecule has 0 N–H and O–H groups in total. The lowest BCUT2D eigenvalue weighted by atomic mass is 9.93. The molecule has 0 saturated heterocycles. The Labute approximate surface area is 160 Å². The first-order valence-electron chi connectivity index (χ1n) is 8.80. The molecule has 3 aromatic carbocycles. The minimum absolute atomic E-state index is 0.0333. The van der Waals surface area contributed by atoms with E-state index in [4.69, 9.17) is 0 Å². The van der Waals surface area contributed by atoms with Crippen molar-refractivity contribution in [3.05, 3.63) is 107 Å². The van der Waals surface area contributed by atoms with Crippen molar-refractivity contribution in [2.75, 3.05) is 0 Å². The van der Waals surface area contributed by atoms with E-state index in [9.17, 15) is 17.6 Å². The van der Waals surface area contributed by atoms with Gasteiger partial charge in [-0.1, -0.05) is 84.5 Å². The predicted octanol–water partition coefficient (Wildman–Crippen LogP) is 7.20. The Morgan fingerprint density at radius 1 is 0.679 bits per heavy atom. The standard InChI is InChI=1S/C24H16F4/c1-15-5-7-16(8-6-15)20-13-14-21(23(26)22(20)25)17-9-11-19(12-10-17)24(27,28)18-3-2-4-18/h2-14H,1H3. The highest BCUT2D eigenvalue weighted by molar-refractivity contribution is 5.72. The molecule has 4 heteroatoms. The zero-order chi connectivity index (χ0) is 19.9. The van der Waals surface area contributed by atoms with E-state index in [0.29, 0.717) is 11.1 Å². The third-order valence-electron chi connectivity index (χ3n) is 4.92. The fourth-order valence-corrected chi connectivity index (χ4v) is 3.16. The number of allylic oxidation sites excluding steroid dienone is 4. The molecule has 0 aliphatic heterocycles.